The quantitative estimate of drug-likeness (QED) is 0.870. The molecule has 0 aliphatic carbocycles. The Bertz CT molecular complexity index is 388. The minimum absolute atomic E-state index is 0.350. The molecule has 4 heteroatoms. The molecule has 1 N–H and O–H groups in total. The minimum Gasteiger partial charge on any atom is -0.486 e. The molecule has 2 heterocycles. The van der Waals surface area contributed by atoms with Crippen LogP contribution in [0, 0.1) is 0 Å². The van der Waals surface area contributed by atoms with E-state index in [9.17, 15) is 0 Å². The molecule has 0 radical (unpaired) electrons. The van der Waals surface area contributed by atoms with E-state index in [1.54, 1.807) is 0 Å². The van der Waals surface area contributed by atoms with Crippen LogP contribution in [-0.4, -0.2) is 32.5 Å². The Kier molecular flexibility index (Phi) is 3.05. The van der Waals surface area contributed by atoms with Gasteiger partial charge in [-0.2, -0.15) is 0 Å². The van der Waals surface area contributed by atoms with E-state index in [-0.39, 0.29) is 0 Å². The van der Waals surface area contributed by atoms with Gasteiger partial charge < -0.3 is 19.5 Å². The smallest absolute Gasteiger partial charge is 0.163 e. The fraction of sp³-hybridized carbons (Fsp3) is 0.538. The van der Waals surface area contributed by atoms with E-state index in [0.29, 0.717) is 19.3 Å². The van der Waals surface area contributed by atoms with Crippen LogP contribution in [0.25, 0.3) is 0 Å². The van der Waals surface area contributed by atoms with Crippen LogP contribution in [-0.2, 0) is 4.74 Å². The van der Waals surface area contributed by atoms with Crippen LogP contribution in [0.1, 0.15) is 12.8 Å². The van der Waals surface area contributed by atoms with Gasteiger partial charge in [-0.3, -0.25) is 0 Å². The lowest BCUT2D eigenvalue weighted by atomic mass is 10.2. The van der Waals surface area contributed by atoms with Crippen LogP contribution in [0.2, 0.25) is 0 Å². The lowest BCUT2D eigenvalue weighted by molar-refractivity contribution is 0.120. The maximum absolute atomic E-state index is 5.57. The average molecular weight is 235 g/mol. The highest BCUT2D eigenvalue weighted by molar-refractivity contribution is 5.55. The van der Waals surface area contributed by atoms with Gasteiger partial charge in [-0.05, 0) is 25.0 Å². The van der Waals surface area contributed by atoms with Crippen molar-refractivity contribution in [2.24, 2.45) is 0 Å². The molecular formula is C13H17NO3. The van der Waals surface area contributed by atoms with Gasteiger partial charge in [0.25, 0.3) is 0 Å². The topological polar surface area (TPSA) is 39.7 Å². The fourth-order valence-electron chi connectivity index (χ4n) is 2.19. The normalized spacial score (nSPS) is 22.5. The zero-order valence-corrected chi connectivity index (χ0v) is 9.78. The van der Waals surface area contributed by atoms with Crippen LogP contribution < -0.4 is 14.8 Å². The molecule has 3 rings (SSSR count). The fourth-order valence-corrected chi connectivity index (χ4v) is 2.19. The Morgan fingerprint density at radius 1 is 1.12 bits per heavy atom. The number of rotatable bonds is 3. The molecule has 0 spiro atoms. The third-order valence-corrected chi connectivity index (χ3v) is 3.10. The van der Waals surface area contributed by atoms with E-state index >= 15 is 0 Å². The first-order valence-electron chi connectivity index (χ1n) is 6.17. The number of hydrogen-bond acceptors (Lipinski definition) is 4. The molecule has 17 heavy (non-hydrogen) atoms. The summed E-state index contributed by atoms with van der Waals surface area (Å²) < 4.78 is 16.6. The standard InChI is InChI=1S/C13H17NO3/c1-2-11(15-5-1)9-14-10-3-4-12-13(8-10)17-7-6-16-12/h3-4,8,11,14H,1-2,5-7,9H2. The first-order chi connectivity index (χ1) is 8.42. The molecular weight excluding hydrogens is 218 g/mol. The predicted molar refractivity (Wildman–Crippen MR) is 64.9 cm³/mol. The first-order valence-corrected chi connectivity index (χ1v) is 6.17. The van der Waals surface area contributed by atoms with Gasteiger partial charge in [0.2, 0.25) is 0 Å². The second-order valence-corrected chi connectivity index (χ2v) is 4.37. The maximum Gasteiger partial charge on any atom is 0.163 e. The average Bonchev–Trinajstić information content (AvgIpc) is 2.89. The third kappa shape index (κ3) is 2.47. The predicted octanol–water partition coefficient (Wildman–Crippen LogP) is 2.05. The van der Waals surface area contributed by atoms with Gasteiger partial charge in [0.05, 0.1) is 6.10 Å². The zero-order chi connectivity index (χ0) is 11.5. The van der Waals surface area contributed by atoms with Crippen LogP contribution in [0.5, 0.6) is 11.5 Å². The first kappa shape index (κ1) is 10.7. The molecule has 4 nitrogen and oxygen atoms in total. The van der Waals surface area contributed by atoms with E-state index in [4.69, 9.17) is 14.2 Å². The molecule has 1 saturated heterocycles. The number of fused-ring (bicyclic) bond motifs is 1. The van der Waals surface area contributed by atoms with Gasteiger partial charge in [0.1, 0.15) is 13.2 Å². The molecule has 1 aromatic carbocycles. The van der Waals surface area contributed by atoms with Crippen molar-refractivity contribution in [1.29, 1.82) is 0 Å². The number of anilines is 1. The minimum atomic E-state index is 0.350. The number of benzene rings is 1. The van der Waals surface area contributed by atoms with Gasteiger partial charge >= 0.3 is 0 Å². The molecule has 0 bridgehead atoms. The van der Waals surface area contributed by atoms with Crippen LogP contribution >= 0.6 is 0 Å². The Labute approximate surface area is 101 Å². The molecule has 0 saturated carbocycles. The largest absolute Gasteiger partial charge is 0.486 e. The summed E-state index contributed by atoms with van der Waals surface area (Å²) >= 11 is 0. The van der Waals surface area contributed by atoms with Gasteiger partial charge in [-0.15, -0.1) is 0 Å². The summed E-state index contributed by atoms with van der Waals surface area (Å²) in [7, 11) is 0. The van der Waals surface area contributed by atoms with Crippen molar-refractivity contribution in [3.8, 4) is 11.5 Å². The molecule has 2 aliphatic heterocycles. The number of ether oxygens (including phenoxy) is 3. The summed E-state index contributed by atoms with van der Waals surface area (Å²) in [5.41, 5.74) is 1.06. The Morgan fingerprint density at radius 2 is 2.00 bits per heavy atom. The molecule has 92 valence electrons. The number of nitrogens with one attached hydrogen (secondary N) is 1. The molecule has 0 amide bonds. The highest BCUT2D eigenvalue weighted by Gasteiger charge is 2.16. The van der Waals surface area contributed by atoms with Crippen LogP contribution in [0.4, 0.5) is 5.69 Å². The van der Waals surface area contributed by atoms with Crippen molar-refractivity contribution >= 4 is 5.69 Å². The monoisotopic (exact) mass is 235 g/mol. The van der Waals surface area contributed by atoms with Gasteiger partial charge in [-0.1, -0.05) is 0 Å². The van der Waals surface area contributed by atoms with Gasteiger partial charge in [-0.25, -0.2) is 0 Å². The summed E-state index contributed by atoms with van der Waals surface area (Å²) in [6.45, 7) is 3.02. The summed E-state index contributed by atoms with van der Waals surface area (Å²) in [4.78, 5) is 0. The van der Waals surface area contributed by atoms with Crippen molar-refractivity contribution in [3.63, 3.8) is 0 Å². The second kappa shape index (κ2) is 4.84. The molecule has 0 aromatic heterocycles. The Hall–Kier alpha value is -1.42. The van der Waals surface area contributed by atoms with Crippen LogP contribution in [0.15, 0.2) is 18.2 Å². The van der Waals surface area contributed by atoms with Crippen molar-refractivity contribution in [2.45, 2.75) is 18.9 Å². The molecule has 1 unspecified atom stereocenters. The molecule has 1 atom stereocenters. The van der Waals surface area contributed by atoms with E-state index < -0.39 is 0 Å². The highest BCUT2D eigenvalue weighted by Crippen LogP contribution is 2.32. The second-order valence-electron chi connectivity index (χ2n) is 4.37. The van der Waals surface area contributed by atoms with Crippen molar-refractivity contribution in [3.05, 3.63) is 18.2 Å². The van der Waals surface area contributed by atoms with Crippen molar-refractivity contribution in [1.82, 2.24) is 0 Å². The summed E-state index contributed by atoms with van der Waals surface area (Å²) in [5, 5.41) is 3.38. The highest BCUT2D eigenvalue weighted by atomic mass is 16.6. The van der Waals surface area contributed by atoms with E-state index in [1.807, 2.05) is 18.2 Å². The third-order valence-electron chi connectivity index (χ3n) is 3.10. The number of hydrogen-bond donors (Lipinski definition) is 1. The van der Waals surface area contributed by atoms with E-state index in [0.717, 1.165) is 36.8 Å². The SMILES string of the molecule is c1cc2c(cc1NCC1CCCO1)OCCO2. The maximum atomic E-state index is 5.57. The zero-order valence-electron chi connectivity index (χ0n) is 9.78. The van der Waals surface area contributed by atoms with Crippen molar-refractivity contribution < 1.29 is 14.2 Å². The molecule has 1 fully saturated rings. The van der Waals surface area contributed by atoms with Crippen LogP contribution in [0.3, 0.4) is 0 Å². The lowest BCUT2D eigenvalue weighted by Gasteiger charge is -2.19. The Balaban J connectivity index is 1.62. The van der Waals surface area contributed by atoms with E-state index in [2.05, 4.69) is 5.32 Å². The summed E-state index contributed by atoms with van der Waals surface area (Å²) in [6, 6.07) is 5.96. The van der Waals surface area contributed by atoms with Gasteiger partial charge in [0.15, 0.2) is 11.5 Å². The molecule has 1 aromatic rings. The molecule has 2 aliphatic rings. The Morgan fingerprint density at radius 3 is 2.82 bits per heavy atom. The van der Waals surface area contributed by atoms with Crippen molar-refractivity contribution in [2.75, 3.05) is 31.7 Å². The lowest BCUT2D eigenvalue weighted by Crippen LogP contribution is -2.19. The van der Waals surface area contributed by atoms with Gasteiger partial charge in [0, 0.05) is 24.9 Å². The summed E-state index contributed by atoms with van der Waals surface area (Å²) in [6.07, 6.45) is 2.67. The summed E-state index contributed by atoms with van der Waals surface area (Å²) in [5.74, 6) is 1.66. The van der Waals surface area contributed by atoms with E-state index in [1.165, 1.54) is 6.42 Å².